The number of allylic oxidation sites excluding steroid dienone is 1. The van der Waals surface area contributed by atoms with Crippen LogP contribution in [-0.2, 0) is 11.2 Å². The van der Waals surface area contributed by atoms with Crippen LogP contribution >= 0.6 is 0 Å². The molecule has 0 N–H and O–H groups in total. The molecule has 0 saturated heterocycles. The van der Waals surface area contributed by atoms with Crippen molar-refractivity contribution in [2.45, 2.75) is 20.3 Å². The fourth-order valence-electron chi connectivity index (χ4n) is 2.51. The molecule has 0 bridgehead atoms. The molecule has 0 spiro atoms. The molecule has 116 valence electrons. The zero-order valence-electron chi connectivity index (χ0n) is 13.7. The molecule has 0 fully saturated rings. The monoisotopic (exact) mass is 303 g/mol. The highest BCUT2D eigenvalue weighted by molar-refractivity contribution is 6.12. The van der Waals surface area contributed by atoms with Gasteiger partial charge in [0.2, 0.25) is 0 Å². The molecule has 0 saturated carbocycles. The van der Waals surface area contributed by atoms with Crippen molar-refractivity contribution in [3.8, 4) is 0 Å². The standard InChI is InChI=1S/C21H21NO/c1-4-17-7-11-19(12-8-17)21-13-20(22-14-16(3)23-21)18-9-5-15(2)6-10-18/h5-13H,3-4,14H2,1-2H3. The van der Waals surface area contributed by atoms with Crippen LogP contribution in [0.4, 0.5) is 0 Å². The summed E-state index contributed by atoms with van der Waals surface area (Å²) < 4.78 is 5.90. The van der Waals surface area contributed by atoms with Crippen LogP contribution in [0, 0.1) is 6.92 Å². The van der Waals surface area contributed by atoms with Gasteiger partial charge in [0.25, 0.3) is 0 Å². The molecule has 0 aliphatic carbocycles. The molecule has 0 aromatic heterocycles. The number of nitrogens with zero attached hydrogens (tertiary/aromatic N) is 1. The van der Waals surface area contributed by atoms with Gasteiger partial charge in [-0.15, -0.1) is 0 Å². The Bertz CT molecular complexity index is 764. The van der Waals surface area contributed by atoms with Gasteiger partial charge in [-0.3, -0.25) is 4.99 Å². The molecule has 1 heterocycles. The number of ether oxygens (including phenoxy) is 1. The van der Waals surface area contributed by atoms with E-state index < -0.39 is 0 Å². The van der Waals surface area contributed by atoms with Gasteiger partial charge >= 0.3 is 0 Å². The normalized spacial score (nSPS) is 14.6. The van der Waals surface area contributed by atoms with Crippen LogP contribution in [0.2, 0.25) is 0 Å². The van der Waals surface area contributed by atoms with Gasteiger partial charge in [0, 0.05) is 11.6 Å². The van der Waals surface area contributed by atoms with E-state index in [9.17, 15) is 0 Å². The molecule has 3 rings (SSSR count). The van der Waals surface area contributed by atoms with E-state index in [1.165, 1.54) is 11.1 Å². The highest BCUT2D eigenvalue weighted by Gasteiger charge is 2.13. The minimum Gasteiger partial charge on any atom is -0.460 e. The average Bonchev–Trinajstić information content (AvgIpc) is 2.78. The predicted molar refractivity (Wildman–Crippen MR) is 96.6 cm³/mol. The van der Waals surface area contributed by atoms with Crippen LogP contribution in [0.1, 0.15) is 29.2 Å². The molecular formula is C21H21NO. The highest BCUT2D eigenvalue weighted by Crippen LogP contribution is 2.23. The summed E-state index contributed by atoms with van der Waals surface area (Å²) in [6, 6.07) is 16.8. The molecule has 0 atom stereocenters. The lowest BCUT2D eigenvalue weighted by molar-refractivity contribution is 0.381. The van der Waals surface area contributed by atoms with E-state index in [-0.39, 0.29) is 0 Å². The Labute approximate surface area is 137 Å². The van der Waals surface area contributed by atoms with Crippen LogP contribution in [0.5, 0.6) is 0 Å². The van der Waals surface area contributed by atoms with Crippen molar-refractivity contribution >= 4 is 11.5 Å². The number of rotatable bonds is 3. The number of hydrogen-bond acceptors (Lipinski definition) is 2. The summed E-state index contributed by atoms with van der Waals surface area (Å²) in [5.41, 5.74) is 5.62. The van der Waals surface area contributed by atoms with Gasteiger partial charge in [-0.25, -0.2) is 0 Å². The lowest BCUT2D eigenvalue weighted by Crippen LogP contribution is -1.98. The van der Waals surface area contributed by atoms with Crippen LogP contribution in [-0.4, -0.2) is 12.3 Å². The maximum absolute atomic E-state index is 5.90. The molecular weight excluding hydrogens is 282 g/mol. The fraction of sp³-hybridized carbons (Fsp3) is 0.190. The van der Waals surface area contributed by atoms with Crippen molar-refractivity contribution < 1.29 is 4.74 Å². The summed E-state index contributed by atoms with van der Waals surface area (Å²) in [6.45, 7) is 8.67. The molecule has 1 aliphatic heterocycles. The SMILES string of the molecule is C=C1CN=C(c2ccc(C)cc2)C=C(c2ccc(CC)cc2)O1. The van der Waals surface area contributed by atoms with Gasteiger partial charge in [0.05, 0.1) is 12.3 Å². The Morgan fingerprint density at radius 3 is 2.30 bits per heavy atom. The maximum atomic E-state index is 5.90. The molecule has 0 radical (unpaired) electrons. The smallest absolute Gasteiger partial charge is 0.136 e. The van der Waals surface area contributed by atoms with Crippen LogP contribution < -0.4 is 0 Å². The van der Waals surface area contributed by atoms with E-state index >= 15 is 0 Å². The van der Waals surface area contributed by atoms with E-state index in [0.717, 1.165) is 29.0 Å². The Balaban J connectivity index is 1.98. The molecule has 1 aliphatic rings. The first-order chi connectivity index (χ1) is 11.2. The van der Waals surface area contributed by atoms with Crippen LogP contribution in [0.15, 0.2) is 71.9 Å². The number of hydrogen-bond donors (Lipinski definition) is 0. The van der Waals surface area contributed by atoms with Crippen molar-refractivity contribution in [3.05, 3.63) is 89.2 Å². The highest BCUT2D eigenvalue weighted by atomic mass is 16.5. The molecule has 2 aromatic rings. The number of aliphatic imine (C=N–C) groups is 1. The minimum absolute atomic E-state index is 0.482. The van der Waals surface area contributed by atoms with Gasteiger partial charge in [0.15, 0.2) is 0 Å². The second-order valence-corrected chi connectivity index (χ2v) is 5.77. The Morgan fingerprint density at radius 2 is 1.65 bits per heavy atom. The first kappa shape index (κ1) is 15.3. The topological polar surface area (TPSA) is 21.6 Å². The van der Waals surface area contributed by atoms with Crippen molar-refractivity contribution in [1.82, 2.24) is 0 Å². The molecule has 0 amide bonds. The van der Waals surface area contributed by atoms with Crippen molar-refractivity contribution in [2.24, 2.45) is 4.99 Å². The van der Waals surface area contributed by atoms with Crippen molar-refractivity contribution in [2.75, 3.05) is 6.54 Å². The third-order valence-corrected chi connectivity index (χ3v) is 3.94. The second-order valence-electron chi connectivity index (χ2n) is 5.77. The third-order valence-electron chi connectivity index (χ3n) is 3.94. The minimum atomic E-state index is 0.482. The molecule has 2 nitrogen and oxygen atoms in total. The van der Waals surface area contributed by atoms with Crippen molar-refractivity contribution in [1.29, 1.82) is 0 Å². The van der Waals surface area contributed by atoms with E-state index in [0.29, 0.717) is 12.3 Å². The zero-order valence-corrected chi connectivity index (χ0v) is 13.7. The summed E-state index contributed by atoms with van der Waals surface area (Å²) >= 11 is 0. The fourth-order valence-corrected chi connectivity index (χ4v) is 2.51. The van der Waals surface area contributed by atoms with Gasteiger partial charge < -0.3 is 4.74 Å². The average molecular weight is 303 g/mol. The van der Waals surface area contributed by atoms with Gasteiger partial charge in [-0.1, -0.05) is 67.6 Å². The van der Waals surface area contributed by atoms with E-state index in [1.54, 1.807) is 0 Å². The summed E-state index contributed by atoms with van der Waals surface area (Å²) in [5.74, 6) is 1.47. The molecule has 2 aromatic carbocycles. The Hall–Kier alpha value is -2.61. The number of benzene rings is 2. The predicted octanol–water partition coefficient (Wildman–Crippen LogP) is 4.93. The first-order valence-corrected chi connectivity index (χ1v) is 7.94. The summed E-state index contributed by atoms with van der Waals surface area (Å²) in [7, 11) is 0. The van der Waals surface area contributed by atoms with Crippen LogP contribution in [0.25, 0.3) is 5.76 Å². The lowest BCUT2D eigenvalue weighted by Gasteiger charge is -2.10. The Morgan fingerprint density at radius 1 is 1.00 bits per heavy atom. The quantitative estimate of drug-likeness (QED) is 0.787. The lowest BCUT2D eigenvalue weighted by atomic mass is 10.0. The second kappa shape index (κ2) is 6.66. The van der Waals surface area contributed by atoms with Gasteiger partial charge in [-0.05, 0) is 24.5 Å². The van der Waals surface area contributed by atoms with E-state index in [1.807, 2.05) is 6.08 Å². The molecule has 2 heteroatoms. The number of aryl methyl sites for hydroxylation is 2. The summed E-state index contributed by atoms with van der Waals surface area (Å²) in [5, 5.41) is 0. The van der Waals surface area contributed by atoms with Gasteiger partial charge in [-0.2, -0.15) is 0 Å². The van der Waals surface area contributed by atoms with Crippen molar-refractivity contribution in [3.63, 3.8) is 0 Å². The van der Waals surface area contributed by atoms with E-state index in [2.05, 4.69) is 73.9 Å². The van der Waals surface area contributed by atoms with Gasteiger partial charge in [0.1, 0.15) is 11.5 Å². The molecule has 23 heavy (non-hydrogen) atoms. The molecule has 0 unspecified atom stereocenters. The first-order valence-electron chi connectivity index (χ1n) is 7.94. The van der Waals surface area contributed by atoms with E-state index in [4.69, 9.17) is 4.74 Å². The Kier molecular flexibility index (Phi) is 4.42. The maximum Gasteiger partial charge on any atom is 0.136 e. The van der Waals surface area contributed by atoms with Crippen LogP contribution in [0.3, 0.4) is 0 Å². The summed E-state index contributed by atoms with van der Waals surface area (Å²) in [6.07, 6.45) is 3.03. The third kappa shape index (κ3) is 3.59. The largest absolute Gasteiger partial charge is 0.460 e. The summed E-state index contributed by atoms with van der Waals surface area (Å²) in [4.78, 5) is 4.63. The zero-order chi connectivity index (χ0) is 16.2.